The molecule has 1 aromatic rings. The number of hydrogen-bond donors (Lipinski definition) is 0. The van der Waals surface area contributed by atoms with Crippen LogP contribution >= 0.6 is 34.8 Å². The molecule has 0 radical (unpaired) electrons. The quantitative estimate of drug-likeness (QED) is 0.529. The van der Waals surface area contributed by atoms with Gasteiger partial charge in [0.2, 0.25) is 3.79 Å². The van der Waals surface area contributed by atoms with E-state index in [-0.39, 0.29) is 0 Å². The molecule has 4 heteroatoms. The van der Waals surface area contributed by atoms with Crippen molar-refractivity contribution in [3.63, 3.8) is 0 Å². The fourth-order valence-corrected chi connectivity index (χ4v) is 1.45. The van der Waals surface area contributed by atoms with Crippen LogP contribution in [-0.4, -0.2) is 21.1 Å². The van der Waals surface area contributed by atoms with E-state index in [0.29, 0.717) is 10.0 Å². The number of nitrogens with zero attached hydrogens (tertiary/aromatic N) is 1. The van der Waals surface area contributed by atoms with Gasteiger partial charge in [-0.2, -0.15) is 0 Å². The number of benzene rings is 1. The van der Waals surface area contributed by atoms with Crippen LogP contribution in [0.3, 0.4) is 0 Å². The van der Waals surface area contributed by atoms with Crippen LogP contribution in [0.5, 0.6) is 0 Å². The zero-order valence-corrected chi connectivity index (χ0v) is 10.7. The van der Waals surface area contributed by atoms with Gasteiger partial charge in [-0.15, -0.1) is 0 Å². The molecular weight excluding hydrogens is 240 g/mol. The second-order valence-corrected chi connectivity index (χ2v) is 6.34. The summed E-state index contributed by atoms with van der Waals surface area (Å²) in [7, 11) is 6.20. The predicted molar refractivity (Wildman–Crippen MR) is 65.2 cm³/mol. The number of hydrogen-bond acceptors (Lipinski definition) is 0. The van der Waals surface area contributed by atoms with Gasteiger partial charge in [0.05, 0.1) is 21.1 Å². The summed E-state index contributed by atoms with van der Waals surface area (Å²) in [6.07, 6.45) is 0. The first-order valence-corrected chi connectivity index (χ1v) is 5.34. The van der Waals surface area contributed by atoms with Crippen LogP contribution in [0.1, 0.15) is 5.56 Å². The molecular formula is C10H13Cl3N+. The fraction of sp³-hybridized carbons (Fsp3) is 0.400. The first-order chi connectivity index (χ1) is 6.21. The summed E-state index contributed by atoms with van der Waals surface area (Å²) in [5.41, 5.74) is 1.81. The average Bonchev–Trinajstić information content (AvgIpc) is 2.01. The van der Waals surface area contributed by atoms with Crippen LogP contribution in [0, 0.1) is 0 Å². The highest BCUT2D eigenvalue weighted by atomic mass is 35.6. The Labute approximate surface area is 99.8 Å². The smallest absolute Gasteiger partial charge is 0.216 e. The molecule has 0 atom stereocenters. The Morgan fingerprint density at radius 3 is 2.07 bits per heavy atom. The Bertz CT molecular complexity index is 294. The molecule has 1 rings (SSSR count). The lowest BCUT2D eigenvalue weighted by molar-refractivity contribution is 0.486. The van der Waals surface area contributed by atoms with E-state index in [0.717, 1.165) is 5.69 Å². The lowest BCUT2D eigenvalue weighted by Crippen LogP contribution is -2.34. The van der Waals surface area contributed by atoms with Crippen molar-refractivity contribution >= 4 is 40.5 Å². The first-order valence-electron chi connectivity index (χ1n) is 4.20. The van der Waals surface area contributed by atoms with E-state index < -0.39 is 3.79 Å². The third-order valence-electron chi connectivity index (χ3n) is 1.95. The molecule has 0 saturated heterocycles. The SMILES string of the molecule is C[N+](C)(C)c1cccc(C(Cl)(Cl)Cl)c1. The van der Waals surface area contributed by atoms with Crippen LogP contribution in [0.25, 0.3) is 0 Å². The highest BCUT2D eigenvalue weighted by Gasteiger charge is 2.24. The topological polar surface area (TPSA) is 0 Å². The van der Waals surface area contributed by atoms with E-state index >= 15 is 0 Å². The molecule has 0 N–H and O–H groups in total. The summed E-state index contributed by atoms with van der Waals surface area (Å²) in [6.45, 7) is 0. The summed E-state index contributed by atoms with van der Waals surface area (Å²) in [5, 5.41) is 0. The molecule has 0 heterocycles. The minimum Gasteiger partial charge on any atom is -0.298 e. The summed E-state index contributed by atoms with van der Waals surface area (Å²) >= 11 is 17.4. The van der Waals surface area contributed by atoms with E-state index in [1.54, 1.807) is 0 Å². The van der Waals surface area contributed by atoms with Gasteiger partial charge in [0, 0.05) is 11.6 Å². The molecule has 1 aromatic carbocycles. The van der Waals surface area contributed by atoms with Crippen molar-refractivity contribution in [3.8, 4) is 0 Å². The zero-order valence-electron chi connectivity index (χ0n) is 8.39. The Balaban J connectivity index is 3.15. The van der Waals surface area contributed by atoms with E-state index in [4.69, 9.17) is 34.8 Å². The molecule has 1 nitrogen and oxygen atoms in total. The normalized spacial score (nSPS) is 13.0. The Hall–Kier alpha value is 0.0500. The van der Waals surface area contributed by atoms with Gasteiger partial charge in [-0.05, 0) is 6.07 Å². The average molecular weight is 254 g/mol. The van der Waals surface area contributed by atoms with Crippen molar-refractivity contribution in [2.45, 2.75) is 3.79 Å². The van der Waals surface area contributed by atoms with Crippen molar-refractivity contribution < 1.29 is 0 Å². The van der Waals surface area contributed by atoms with Gasteiger partial charge < -0.3 is 0 Å². The van der Waals surface area contributed by atoms with Gasteiger partial charge in [-0.1, -0.05) is 46.9 Å². The third-order valence-corrected chi connectivity index (χ3v) is 2.60. The molecule has 0 saturated carbocycles. The Morgan fingerprint density at radius 1 is 1.07 bits per heavy atom. The van der Waals surface area contributed by atoms with Crippen molar-refractivity contribution in [1.29, 1.82) is 0 Å². The van der Waals surface area contributed by atoms with E-state index in [2.05, 4.69) is 21.1 Å². The summed E-state index contributed by atoms with van der Waals surface area (Å²) in [5.74, 6) is 0. The standard InChI is InChI=1S/C10H13Cl3N/c1-14(2,3)9-6-4-5-8(7-9)10(11,12)13/h4-7H,1-3H3/q+1. The number of halogens is 3. The number of rotatable bonds is 1. The van der Waals surface area contributed by atoms with Gasteiger partial charge in [-0.25, -0.2) is 0 Å². The lowest BCUT2D eigenvalue weighted by atomic mass is 10.2. The molecule has 78 valence electrons. The van der Waals surface area contributed by atoms with Crippen LogP contribution in [0.15, 0.2) is 24.3 Å². The first kappa shape index (κ1) is 12.1. The minimum absolute atomic E-state index is 0.702. The molecule has 0 aliphatic rings. The molecule has 0 bridgehead atoms. The Morgan fingerprint density at radius 2 is 1.64 bits per heavy atom. The van der Waals surface area contributed by atoms with Crippen LogP contribution in [0.4, 0.5) is 5.69 Å². The summed E-state index contributed by atoms with van der Waals surface area (Å²) in [4.78, 5) is 0. The molecule has 0 aliphatic carbocycles. The fourth-order valence-electron chi connectivity index (χ4n) is 1.10. The lowest BCUT2D eigenvalue weighted by Gasteiger charge is -2.24. The molecule has 14 heavy (non-hydrogen) atoms. The van der Waals surface area contributed by atoms with Crippen molar-refractivity contribution in [2.75, 3.05) is 21.1 Å². The largest absolute Gasteiger partial charge is 0.298 e. The van der Waals surface area contributed by atoms with E-state index in [1.165, 1.54) is 0 Å². The highest BCUT2D eigenvalue weighted by Crippen LogP contribution is 2.39. The Kier molecular flexibility index (Phi) is 3.37. The van der Waals surface area contributed by atoms with Gasteiger partial charge in [0.1, 0.15) is 5.69 Å². The van der Waals surface area contributed by atoms with Crippen molar-refractivity contribution in [1.82, 2.24) is 4.48 Å². The molecule has 0 aromatic heterocycles. The molecule has 0 fully saturated rings. The highest BCUT2D eigenvalue weighted by molar-refractivity contribution is 6.66. The maximum absolute atomic E-state index is 5.80. The third kappa shape index (κ3) is 3.03. The van der Waals surface area contributed by atoms with E-state index in [9.17, 15) is 0 Å². The van der Waals surface area contributed by atoms with Gasteiger partial charge in [0.25, 0.3) is 0 Å². The molecule has 0 amide bonds. The number of alkyl halides is 3. The van der Waals surface area contributed by atoms with Crippen LogP contribution < -0.4 is 4.48 Å². The molecule has 0 unspecified atom stereocenters. The van der Waals surface area contributed by atoms with Gasteiger partial charge in [0.15, 0.2) is 0 Å². The van der Waals surface area contributed by atoms with E-state index in [1.807, 2.05) is 24.3 Å². The second-order valence-electron chi connectivity index (χ2n) is 4.06. The predicted octanol–water partition coefficient (Wildman–Crippen LogP) is 3.71. The summed E-state index contributed by atoms with van der Waals surface area (Å²) < 4.78 is -0.639. The molecule has 0 spiro atoms. The summed E-state index contributed by atoms with van der Waals surface area (Å²) in [6, 6.07) is 7.63. The van der Waals surface area contributed by atoms with Crippen LogP contribution in [0.2, 0.25) is 0 Å². The zero-order chi connectivity index (χ0) is 11.0. The monoisotopic (exact) mass is 252 g/mol. The number of quaternary nitrogens is 1. The van der Waals surface area contributed by atoms with Crippen molar-refractivity contribution in [3.05, 3.63) is 29.8 Å². The maximum Gasteiger partial charge on any atom is 0.216 e. The molecule has 0 aliphatic heterocycles. The minimum atomic E-state index is -1.34. The van der Waals surface area contributed by atoms with Gasteiger partial charge in [-0.3, -0.25) is 4.48 Å². The second kappa shape index (κ2) is 3.90. The van der Waals surface area contributed by atoms with Crippen molar-refractivity contribution in [2.24, 2.45) is 0 Å². The maximum atomic E-state index is 5.80. The van der Waals surface area contributed by atoms with Crippen LogP contribution in [-0.2, 0) is 3.79 Å². The van der Waals surface area contributed by atoms with Gasteiger partial charge >= 0.3 is 0 Å².